The van der Waals surface area contributed by atoms with Gasteiger partial charge >= 0.3 is 5.97 Å². The number of nitrogens with zero attached hydrogens (tertiary/aromatic N) is 1. The molecule has 0 aromatic heterocycles. The van der Waals surface area contributed by atoms with E-state index < -0.39 is 17.8 Å². The third kappa shape index (κ3) is 3.42. The highest BCUT2D eigenvalue weighted by molar-refractivity contribution is 6.33. The van der Waals surface area contributed by atoms with Gasteiger partial charge in [-0.15, -0.1) is 0 Å². The molecule has 2 amide bonds. The summed E-state index contributed by atoms with van der Waals surface area (Å²) < 4.78 is 0. The van der Waals surface area contributed by atoms with Crippen molar-refractivity contribution in [1.29, 1.82) is 0 Å². The molecule has 0 saturated heterocycles. The molecule has 5 heteroatoms. The summed E-state index contributed by atoms with van der Waals surface area (Å²) in [5.41, 5.74) is 3.44. The number of hydrogen-bond acceptors (Lipinski definition) is 3. The molecule has 132 valence electrons. The number of hydrogen-bond donors (Lipinski definition) is 1. The van der Waals surface area contributed by atoms with Gasteiger partial charge in [0.15, 0.2) is 0 Å². The molecular formula is C21H19NO4. The number of amides is 2. The van der Waals surface area contributed by atoms with E-state index in [1.807, 2.05) is 24.3 Å². The van der Waals surface area contributed by atoms with Gasteiger partial charge in [0.25, 0.3) is 11.8 Å². The lowest BCUT2D eigenvalue weighted by Crippen LogP contribution is -2.42. The summed E-state index contributed by atoms with van der Waals surface area (Å²) >= 11 is 0. The smallest absolute Gasteiger partial charge is 0.305 e. The maximum atomic E-state index is 12.9. The number of fused-ring (bicyclic) bond motifs is 1. The fraction of sp³-hybridized carbons (Fsp3) is 0.190. The zero-order valence-corrected chi connectivity index (χ0v) is 14.4. The maximum absolute atomic E-state index is 12.9. The van der Waals surface area contributed by atoms with Crippen LogP contribution in [0.1, 0.15) is 40.4 Å². The normalized spacial score (nSPS) is 15.3. The molecule has 2 aromatic rings. The summed E-state index contributed by atoms with van der Waals surface area (Å²) in [7, 11) is 0. The first-order valence-electron chi connectivity index (χ1n) is 8.49. The highest BCUT2D eigenvalue weighted by Crippen LogP contribution is 2.30. The molecule has 0 saturated carbocycles. The summed E-state index contributed by atoms with van der Waals surface area (Å²) in [5, 5.41) is 8.90. The number of carboxylic acid groups (broad SMARTS) is 1. The number of aliphatic carboxylic acids is 1. The van der Waals surface area contributed by atoms with Gasteiger partial charge in [0, 0.05) is 17.7 Å². The molecule has 0 spiro atoms. The minimum absolute atomic E-state index is 0.145. The van der Waals surface area contributed by atoms with Crippen LogP contribution in [0, 0.1) is 0 Å². The number of rotatable bonds is 5. The Hall–Kier alpha value is -3.21. The van der Waals surface area contributed by atoms with Gasteiger partial charge < -0.3 is 5.11 Å². The van der Waals surface area contributed by atoms with Crippen molar-refractivity contribution in [2.24, 2.45) is 0 Å². The van der Waals surface area contributed by atoms with Crippen LogP contribution in [-0.4, -0.2) is 34.3 Å². The largest absolute Gasteiger partial charge is 0.481 e. The van der Waals surface area contributed by atoms with Gasteiger partial charge in [0.2, 0.25) is 0 Å². The minimum atomic E-state index is -1.05. The first-order chi connectivity index (χ1) is 12.5. The van der Waals surface area contributed by atoms with Crippen molar-refractivity contribution in [2.45, 2.75) is 19.8 Å². The fourth-order valence-corrected chi connectivity index (χ4v) is 2.97. The molecule has 0 aliphatic carbocycles. The van der Waals surface area contributed by atoms with E-state index in [-0.39, 0.29) is 13.0 Å². The Morgan fingerprint density at radius 2 is 1.65 bits per heavy atom. The molecule has 1 N–H and O–H groups in total. The maximum Gasteiger partial charge on any atom is 0.305 e. The van der Waals surface area contributed by atoms with Gasteiger partial charge in [-0.1, -0.05) is 49.4 Å². The van der Waals surface area contributed by atoms with Crippen molar-refractivity contribution >= 4 is 29.4 Å². The zero-order chi connectivity index (χ0) is 18.7. The SMILES string of the molecule is CCc1ccc(/C=C2\C(=O)N(CCC(=O)O)C(=O)c3ccccc32)cc1. The second-order valence-corrected chi connectivity index (χ2v) is 6.10. The van der Waals surface area contributed by atoms with Crippen LogP contribution in [0.3, 0.4) is 0 Å². The average molecular weight is 349 g/mol. The summed E-state index contributed by atoms with van der Waals surface area (Å²) in [6.07, 6.45) is 2.40. The Bertz CT molecular complexity index is 896. The molecule has 1 aliphatic rings. The van der Waals surface area contributed by atoms with E-state index in [9.17, 15) is 14.4 Å². The van der Waals surface area contributed by atoms with E-state index in [0.717, 1.165) is 16.9 Å². The lowest BCUT2D eigenvalue weighted by Gasteiger charge is -2.28. The highest BCUT2D eigenvalue weighted by atomic mass is 16.4. The van der Waals surface area contributed by atoms with Crippen LogP contribution in [0.4, 0.5) is 0 Å². The van der Waals surface area contributed by atoms with Gasteiger partial charge in [-0.25, -0.2) is 0 Å². The summed E-state index contributed by atoms with van der Waals surface area (Å²) in [4.78, 5) is 37.4. The second kappa shape index (κ2) is 7.35. The molecule has 0 bridgehead atoms. The molecule has 2 aromatic carbocycles. The first kappa shape index (κ1) is 17.6. The van der Waals surface area contributed by atoms with Crippen molar-refractivity contribution in [3.05, 3.63) is 70.8 Å². The van der Waals surface area contributed by atoms with Crippen LogP contribution in [0.25, 0.3) is 11.6 Å². The van der Waals surface area contributed by atoms with Crippen molar-refractivity contribution in [2.75, 3.05) is 6.54 Å². The number of benzene rings is 2. The van der Waals surface area contributed by atoms with Crippen LogP contribution in [0.15, 0.2) is 48.5 Å². The fourth-order valence-electron chi connectivity index (χ4n) is 2.97. The summed E-state index contributed by atoms with van der Waals surface area (Å²) in [6, 6.07) is 14.8. The van der Waals surface area contributed by atoms with E-state index in [0.29, 0.717) is 16.7 Å². The predicted molar refractivity (Wildman–Crippen MR) is 98.4 cm³/mol. The van der Waals surface area contributed by atoms with E-state index in [2.05, 4.69) is 6.92 Å². The quantitative estimate of drug-likeness (QED) is 0.664. The first-order valence-corrected chi connectivity index (χ1v) is 8.49. The number of aryl methyl sites for hydroxylation is 1. The van der Waals surface area contributed by atoms with E-state index in [1.54, 1.807) is 30.3 Å². The van der Waals surface area contributed by atoms with Gasteiger partial charge in [0.05, 0.1) is 6.42 Å². The Morgan fingerprint density at radius 3 is 2.27 bits per heavy atom. The topological polar surface area (TPSA) is 74.7 Å². The molecule has 26 heavy (non-hydrogen) atoms. The van der Waals surface area contributed by atoms with Crippen LogP contribution in [0.5, 0.6) is 0 Å². The van der Waals surface area contributed by atoms with Crippen molar-refractivity contribution in [3.8, 4) is 0 Å². The Morgan fingerprint density at radius 1 is 1.00 bits per heavy atom. The Balaban J connectivity index is 2.05. The van der Waals surface area contributed by atoms with Crippen molar-refractivity contribution < 1.29 is 19.5 Å². The standard InChI is InChI=1S/C21H19NO4/c1-2-14-7-9-15(10-8-14)13-18-16-5-3-4-6-17(16)20(25)22(21(18)26)12-11-19(23)24/h3-10,13H,2,11-12H2,1H3,(H,23,24)/b18-13-. The number of carboxylic acids is 1. The Labute approximate surface area is 151 Å². The summed E-state index contributed by atoms with van der Waals surface area (Å²) in [6.45, 7) is 1.92. The molecular weight excluding hydrogens is 330 g/mol. The zero-order valence-electron chi connectivity index (χ0n) is 14.4. The van der Waals surface area contributed by atoms with Crippen LogP contribution in [0.2, 0.25) is 0 Å². The van der Waals surface area contributed by atoms with Gasteiger partial charge in [0.1, 0.15) is 0 Å². The van der Waals surface area contributed by atoms with Gasteiger partial charge in [-0.2, -0.15) is 0 Å². The Kier molecular flexibility index (Phi) is 4.98. The number of carbonyl (C=O) groups is 3. The van der Waals surface area contributed by atoms with Crippen LogP contribution >= 0.6 is 0 Å². The lowest BCUT2D eigenvalue weighted by molar-refractivity contribution is -0.137. The molecule has 5 nitrogen and oxygen atoms in total. The molecule has 0 atom stereocenters. The lowest BCUT2D eigenvalue weighted by atomic mass is 9.92. The molecule has 0 unspecified atom stereocenters. The minimum Gasteiger partial charge on any atom is -0.481 e. The predicted octanol–water partition coefficient (Wildman–Crippen LogP) is 3.25. The van der Waals surface area contributed by atoms with Gasteiger partial charge in [-0.05, 0) is 35.3 Å². The summed E-state index contributed by atoms with van der Waals surface area (Å²) in [5.74, 6) is -1.97. The van der Waals surface area contributed by atoms with Crippen LogP contribution in [-0.2, 0) is 16.0 Å². The number of imide groups is 1. The van der Waals surface area contributed by atoms with Crippen molar-refractivity contribution in [1.82, 2.24) is 4.90 Å². The third-order valence-corrected chi connectivity index (χ3v) is 4.42. The molecule has 1 aliphatic heterocycles. The average Bonchev–Trinajstić information content (AvgIpc) is 2.65. The van der Waals surface area contributed by atoms with Crippen LogP contribution < -0.4 is 0 Å². The molecule has 0 radical (unpaired) electrons. The molecule has 1 heterocycles. The van der Waals surface area contributed by atoms with E-state index in [4.69, 9.17) is 5.11 Å². The van der Waals surface area contributed by atoms with Gasteiger partial charge in [-0.3, -0.25) is 19.3 Å². The molecule has 3 rings (SSSR count). The van der Waals surface area contributed by atoms with E-state index >= 15 is 0 Å². The van der Waals surface area contributed by atoms with Crippen molar-refractivity contribution in [3.63, 3.8) is 0 Å². The highest BCUT2D eigenvalue weighted by Gasteiger charge is 2.34. The van der Waals surface area contributed by atoms with E-state index in [1.165, 1.54) is 5.56 Å². The molecule has 0 fully saturated rings. The monoisotopic (exact) mass is 349 g/mol. The second-order valence-electron chi connectivity index (χ2n) is 6.10. The third-order valence-electron chi connectivity index (χ3n) is 4.42. The number of carbonyl (C=O) groups excluding carboxylic acids is 2.